The maximum absolute atomic E-state index is 9.01. The number of nitriles is 6. The molecule has 0 amide bonds. The van der Waals surface area contributed by atoms with Crippen LogP contribution in [-0.4, -0.2) is 0 Å². The number of rotatable bonds is 0. The molecular weight excluding hydrogens is 242 g/mol. The molecule has 1 rings (SSSR count). The van der Waals surface area contributed by atoms with Gasteiger partial charge in [0.05, 0.1) is 11.1 Å². The van der Waals surface area contributed by atoms with Gasteiger partial charge >= 0.3 is 0 Å². The molecule has 0 fully saturated rings. The normalized spacial score (nSPS) is 13.8. The molecule has 0 aromatic rings. The standard InChI is InChI=1S/C12HN7/c13-1-7-8(2-14)10(4-16)12(6-18)19-11(5-17)9(7)3-15/h19H. The predicted molar refractivity (Wildman–Crippen MR) is 57.9 cm³/mol. The van der Waals surface area contributed by atoms with Crippen LogP contribution in [0.1, 0.15) is 0 Å². The fraction of sp³-hybridized carbons (Fsp3) is 0. The van der Waals surface area contributed by atoms with Crippen LogP contribution in [0.2, 0.25) is 0 Å². The van der Waals surface area contributed by atoms with Crippen LogP contribution in [0.4, 0.5) is 0 Å². The summed E-state index contributed by atoms with van der Waals surface area (Å²) >= 11 is 0. The molecule has 0 aromatic heterocycles. The fourth-order valence-corrected chi connectivity index (χ4v) is 1.36. The second kappa shape index (κ2) is 5.34. The predicted octanol–water partition coefficient (Wildman–Crippen LogP) is 0.536. The Balaban J connectivity index is 3.96. The van der Waals surface area contributed by atoms with Gasteiger partial charge in [0, 0.05) is 0 Å². The highest BCUT2D eigenvalue weighted by molar-refractivity contribution is 5.70. The van der Waals surface area contributed by atoms with Crippen molar-refractivity contribution in [2.75, 3.05) is 0 Å². The highest BCUT2D eigenvalue weighted by atomic mass is 14.9. The van der Waals surface area contributed by atoms with Gasteiger partial charge in [0.15, 0.2) is 0 Å². The van der Waals surface area contributed by atoms with Gasteiger partial charge in [-0.25, -0.2) is 0 Å². The molecular formula is C12HN7. The maximum atomic E-state index is 9.01. The summed E-state index contributed by atoms with van der Waals surface area (Å²) in [5.74, 6) is 0. The van der Waals surface area contributed by atoms with E-state index in [1.165, 1.54) is 0 Å². The SMILES string of the molecule is N#CC1=C(C#N)C(C#N)=C(C#N)C(C#N)=C(C#N)N1. The molecule has 0 bridgehead atoms. The first-order chi connectivity index (χ1) is 9.18. The van der Waals surface area contributed by atoms with E-state index < -0.39 is 11.1 Å². The zero-order valence-electron chi connectivity index (χ0n) is 9.18. The third-order valence-corrected chi connectivity index (χ3v) is 2.17. The number of allylic oxidation sites excluding steroid dienone is 6. The summed E-state index contributed by atoms with van der Waals surface area (Å²) in [5.41, 5.74) is -2.27. The van der Waals surface area contributed by atoms with E-state index in [1.54, 1.807) is 36.4 Å². The molecule has 0 aromatic carbocycles. The molecule has 7 heteroatoms. The van der Waals surface area contributed by atoms with E-state index >= 15 is 0 Å². The van der Waals surface area contributed by atoms with Crippen molar-refractivity contribution in [3.05, 3.63) is 33.7 Å². The Bertz CT molecular complexity index is 727. The van der Waals surface area contributed by atoms with Gasteiger partial charge < -0.3 is 5.32 Å². The minimum Gasteiger partial charge on any atom is -0.336 e. The van der Waals surface area contributed by atoms with Crippen molar-refractivity contribution >= 4 is 0 Å². The quantitative estimate of drug-likeness (QED) is 0.650. The van der Waals surface area contributed by atoms with Gasteiger partial charge in [-0.15, -0.1) is 0 Å². The minimum absolute atomic E-state index is 0.353. The first-order valence-electron chi connectivity index (χ1n) is 4.59. The van der Waals surface area contributed by atoms with Crippen molar-refractivity contribution in [2.45, 2.75) is 0 Å². The minimum atomic E-state index is -0.407. The summed E-state index contributed by atoms with van der Waals surface area (Å²) in [5, 5.41) is 56.1. The lowest BCUT2D eigenvalue weighted by Crippen LogP contribution is -2.13. The Labute approximate surface area is 108 Å². The Morgan fingerprint density at radius 1 is 0.474 bits per heavy atom. The fourth-order valence-electron chi connectivity index (χ4n) is 1.36. The van der Waals surface area contributed by atoms with Gasteiger partial charge in [-0.2, -0.15) is 31.6 Å². The van der Waals surface area contributed by atoms with Gasteiger partial charge in [0.2, 0.25) is 0 Å². The van der Waals surface area contributed by atoms with Crippen LogP contribution >= 0.6 is 0 Å². The van der Waals surface area contributed by atoms with Crippen LogP contribution < -0.4 is 5.32 Å². The van der Waals surface area contributed by atoms with Crippen LogP contribution in [0.15, 0.2) is 33.7 Å². The van der Waals surface area contributed by atoms with E-state index in [2.05, 4.69) is 5.32 Å². The largest absolute Gasteiger partial charge is 0.336 e. The lowest BCUT2D eigenvalue weighted by molar-refractivity contribution is 1.04. The number of hydrogen-bond acceptors (Lipinski definition) is 7. The molecule has 1 aliphatic rings. The summed E-state index contributed by atoms with van der Waals surface area (Å²) in [6.45, 7) is 0. The summed E-state index contributed by atoms with van der Waals surface area (Å²) < 4.78 is 0. The van der Waals surface area contributed by atoms with Gasteiger partial charge in [-0.1, -0.05) is 0 Å². The second-order valence-corrected chi connectivity index (χ2v) is 3.05. The van der Waals surface area contributed by atoms with Gasteiger partial charge in [0.25, 0.3) is 0 Å². The molecule has 84 valence electrons. The second-order valence-electron chi connectivity index (χ2n) is 3.05. The summed E-state index contributed by atoms with van der Waals surface area (Å²) in [6, 6.07) is 9.69. The lowest BCUT2D eigenvalue weighted by atomic mass is 9.97. The first kappa shape index (κ1) is 13.0. The van der Waals surface area contributed by atoms with E-state index in [-0.39, 0.29) is 22.5 Å². The van der Waals surface area contributed by atoms with Crippen LogP contribution in [0.25, 0.3) is 0 Å². The van der Waals surface area contributed by atoms with Gasteiger partial charge in [0.1, 0.15) is 59.0 Å². The molecule has 0 spiro atoms. The lowest BCUT2D eigenvalue weighted by Gasteiger charge is -2.01. The molecule has 7 nitrogen and oxygen atoms in total. The Morgan fingerprint density at radius 2 is 0.789 bits per heavy atom. The van der Waals surface area contributed by atoms with E-state index in [0.29, 0.717) is 0 Å². The van der Waals surface area contributed by atoms with E-state index in [4.69, 9.17) is 31.6 Å². The molecule has 0 saturated carbocycles. The Hall–Kier alpha value is -4.04. The van der Waals surface area contributed by atoms with Crippen molar-refractivity contribution in [3.63, 3.8) is 0 Å². The Kier molecular flexibility index (Phi) is 3.66. The molecule has 0 unspecified atom stereocenters. The van der Waals surface area contributed by atoms with Crippen LogP contribution in [-0.2, 0) is 0 Å². The van der Waals surface area contributed by atoms with Gasteiger partial charge in [-0.3, -0.25) is 0 Å². The van der Waals surface area contributed by atoms with Gasteiger partial charge in [-0.05, 0) is 0 Å². The molecule has 0 aliphatic carbocycles. The summed E-state index contributed by atoms with van der Waals surface area (Å²) in [4.78, 5) is 0. The van der Waals surface area contributed by atoms with Crippen molar-refractivity contribution in [3.8, 4) is 36.4 Å². The number of nitrogens with zero attached hydrogens (tertiary/aromatic N) is 6. The van der Waals surface area contributed by atoms with Crippen LogP contribution in [0.5, 0.6) is 0 Å². The summed E-state index contributed by atoms with van der Waals surface area (Å²) in [7, 11) is 0. The third kappa shape index (κ3) is 1.95. The monoisotopic (exact) mass is 243 g/mol. The zero-order valence-corrected chi connectivity index (χ0v) is 9.18. The molecule has 19 heavy (non-hydrogen) atoms. The third-order valence-electron chi connectivity index (χ3n) is 2.17. The maximum Gasteiger partial charge on any atom is 0.137 e. The van der Waals surface area contributed by atoms with Crippen molar-refractivity contribution in [1.29, 1.82) is 31.6 Å². The van der Waals surface area contributed by atoms with E-state index in [9.17, 15) is 0 Å². The topological polar surface area (TPSA) is 155 Å². The molecule has 1 heterocycles. The summed E-state index contributed by atoms with van der Waals surface area (Å²) in [6.07, 6.45) is 0. The number of nitrogens with one attached hydrogen (secondary N) is 1. The van der Waals surface area contributed by atoms with Crippen molar-refractivity contribution in [2.24, 2.45) is 0 Å². The highest BCUT2D eigenvalue weighted by Crippen LogP contribution is 2.26. The molecule has 1 aliphatic heterocycles. The average molecular weight is 243 g/mol. The van der Waals surface area contributed by atoms with Crippen LogP contribution in [0.3, 0.4) is 0 Å². The number of hydrogen-bond donors (Lipinski definition) is 1. The Morgan fingerprint density at radius 3 is 1.00 bits per heavy atom. The molecule has 0 atom stereocenters. The zero-order chi connectivity index (χ0) is 14.4. The van der Waals surface area contributed by atoms with Crippen LogP contribution in [0, 0.1) is 68.0 Å². The molecule has 0 saturated heterocycles. The van der Waals surface area contributed by atoms with E-state index in [0.717, 1.165) is 0 Å². The van der Waals surface area contributed by atoms with Crippen molar-refractivity contribution < 1.29 is 0 Å². The highest BCUT2D eigenvalue weighted by Gasteiger charge is 2.26. The van der Waals surface area contributed by atoms with E-state index in [1.807, 2.05) is 0 Å². The van der Waals surface area contributed by atoms with Crippen molar-refractivity contribution in [1.82, 2.24) is 5.32 Å². The molecule has 1 N–H and O–H groups in total. The smallest absolute Gasteiger partial charge is 0.137 e. The molecule has 0 radical (unpaired) electrons. The first-order valence-corrected chi connectivity index (χ1v) is 4.59. The average Bonchev–Trinajstić information content (AvgIpc) is 2.58.